The Bertz CT molecular complexity index is 809. The fraction of sp³-hybridized carbons (Fsp3) is 0.176. The van der Waals surface area contributed by atoms with Gasteiger partial charge in [-0.25, -0.2) is 0 Å². The summed E-state index contributed by atoms with van der Waals surface area (Å²) in [5, 5.41) is 20.9. The first-order valence-corrected chi connectivity index (χ1v) is 6.61. The van der Waals surface area contributed by atoms with Crippen molar-refractivity contribution in [2.75, 3.05) is 0 Å². The van der Waals surface area contributed by atoms with Crippen LogP contribution in [0, 0.1) is 20.8 Å². The molecule has 0 bridgehead atoms. The molecule has 1 heterocycles. The minimum Gasteiger partial charge on any atom is -0.507 e. The van der Waals surface area contributed by atoms with Crippen LogP contribution in [0.4, 0.5) is 0 Å². The van der Waals surface area contributed by atoms with Crippen LogP contribution in [0.15, 0.2) is 36.4 Å². The lowest BCUT2D eigenvalue weighted by molar-refractivity contribution is 0.477. The average Bonchev–Trinajstić information content (AvgIpc) is 2.46. The van der Waals surface area contributed by atoms with Gasteiger partial charge < -0.3 is 5.11 Å². The molecule has 3 nitrogen and oxygen atoms in total. The van der Waals surface area contributed by atoms with E-state index in [1.54, 1.807) is 6.07 Å². The summed E-state index contributed by atoms with van der Waals surface area (Å²) in [5.74, 6) is 0.240. The first-order valence-electron chi connectivity index (χ1n) is 6.61. The third-order valence-electron chi connectivity index (χ3n) is 3.90. The maximum Gasteiger partial charge on any atom is 0.125 e. The molecule has 0 amide bonds. The predicted octanol–water partition coefficient (Wildman–Crippen LogP) is 3.93. The molecule has 20 heavy (non-hydrogen) atoms. The molecule has 0 unspecified atom stereocenters. The molecule has 3 rings (SSSR count). The number of hydrogen-bond donors (Lipinski definition) is 1. The third kappa shape index (κ3) is 1.83. The molecule has 3 heteroatoms. The number of phenolic OH excluding ortho intramolecular Hbond substituents is 1. The van der Waals surface area contributed by atoms with Gasteiger partial charge in [-0.3, -0.25) is 0 Å². The first kappa shape index (κ1) is 12.6. The van der Waals surface area contributed by atoms with Crippen molar-refractivity contribution in [2.45, 2.75) is 20.8 Å². The Morgan fingerprint density at radius 3 is 2.40 bits per heavy atom. The Morgan fingerprint density at radius 2 is 1.60 bits per heavy atom. The smallest absolute Gasteiger partial charge is 0.125 e. The zero-order valence-electron chi connectivity index (χ0n) is 11.8. The Hall–Kier alpha value is -2.42. The van der Waals surface area contributed by atoms with Gasteiger partial charge in [0.15, 0.2) is 0 Å². The van der Waals surface area contributed by atoms with Crippen LogP contribution in [-0.4, -0.2) is 15.3 Å². The third-order valence-corrected chi connectivity index (χ3v) is 3.90. The second kappa shape index (κ2) is 4.60. The molecule has 0 saturated heterocycles. The molecular weight excluding hydrogens is 248 g/mol. The number of hydrogen-bond acceptors (Lipinski definition) is 3. The fourth-order valence-corrected chi connectivity index (χ4v) is 2.47. The summed E-state index contributed by atoms with van der Waals surface area (Å²) in [5.41, 5.74) is 4.61. The summed E-state index contributed by atoms with van der Waals surface area (Å²) >= 11 is 0. The van der Waals surface area contributed by atoms with Crippen molar-refractivity contribution >= 4 is 10.8 Å². The lowest BCUT2D eigenvalue weighted by Gasteiger charge is -2.13. The van der Waals surface area contributed by atoms with Crippen molar-refractivity contribution in [3.8, 4) is 17.0 Å². The maximum absolute atomic E-state index is 10.3. The number of rotatable bonds is 1. The Labute approximate surface area is 117 Å². The van der Waals surface area contributed by atoms with Crippen molar-refractivity contribution in [3.05, 3.63) is 53.2 Å². The highest BCUT2D eigenvalue weighted by Crippen LogP contribution is 2.37. The number of aryl methyl sites for hydroxylation is 1. The van der Waals surface area contributed by atoms with Crippen molar-refractivity contribution in [1.29, 1.82) is 0 Å². The molecule has 0 aliphatic rings. The lowest BCUT2D eigenvalue weighted by Crippen LogP contribution is -1.99. The Kier molecular flexibility index (Phi) is 2.90. The number of fused-ring (bicyclic) bond motifs is 1. The molecule has 0 radical (unpaired) electrons. The van der Waals surface area contributed by atoms with Crippen LogP contribution in [0.2, 0.25) is 0 Å². The highest BCUT2D eigenvalue weighted by Gasteiger charge is 2.15. The van der Waals surface area contributed by atoms with E-state index < -0.39 is 0 Å². The molecular formula is C17H16N2O. The van der Waals surface area contributed by atoms with E-state index in [2.05, 4.69) is 10.2 Å². The molecule has 100 valence electrons. The van der Waals surface area contributed by atoms with E-state index in [1.807, 2.05) is 51.1 Å². The average molecular weight is 264 g/mol. The molecule has 0 aliphatic heterocycles. The van der Waals surface area contributed by atoms with Crippen LogP contribution in [0.3, 0.4) is 0 Å². The number of aromatic nitrogens is 2. The Morgan fingerprint density at radius 1 is 0.850 bits per heavy atom. The molecule has 0 spiro atoms. The quantitative estimate of drug-likeness (QED) is 0.724. The topological polar surface area (TPSA) is 46.0 Å². The van der Waals surface area contributed by atoms with Gasteiger partial charge in [-0.2, -0.15) is 5.10 Å². The van der Waals surface area contributed by atoms with Crippen LogP contribution >= 0.6 is 0 Å². The van der Waals surface area contributed by atoms with E-state index in [0.717, 1.165) is 38.9 Å². The van der Waals surface area contributed by atoms with Gasteiger partial charge in [0.2, 0.25) is 0 Å². The maximum atomic E-state index is 10.3. The van der Waals surface area contributed by atoms with E-state index in [0.29, 0.717) is 0 Å². The zero-order valence-corrected chi connectivity index (χ0v) is 11.8. The summed E-state index contributed by atoms with van der Waals surface area (Å²) in [7, 11) is 0. The van der Waals surface area contributed by atoms with Gasteiger partial charge in [-0.05, 0) is 48.7 Å². The largest absolute Gasteiger partial charge is 0.507 e. The van der Waals surface area contributed by atoms with Gasteiger partial charge in [-0.15, -0.1) is 5.10 Å². The highest BCUT2D eigenvalue weighted by molar-refractivity contribution is 5.99. The second-order valence-corrected chi connectivity index (χ2v) is 5.06. The van der Waals surface area contributed by atoms with Gasteiger partial charge in [0, 0.05) is 0 Å². The van der Waals surface area contributed by atoms with E-state index in [4.69, 9.17) is 0 Å². The molecule has 3 aromatic rings. The molecule has 0 saturated carbocycles. The normalized spacial score (nSPS) is 10.9. The summed E-state index contributed by atoms with van der Waals surface area (Å²) < 4.78 is 0. The standard InChI is InChI=1S/C17H16N2O/c1-10-11(2)17(19-18-12(10)3)16-14-7-5-4-6-13(14)8-9-15(16)20/h4-9,20H,1-3H3. The summed E-state index contributed by atoms with van der Waals surface area (Å²) in [4.78, 5) is 0. The molecule has 1 aromatic heterocycles. The number of benzene rings is 2. The van der Waals surface area contributed by atoms with Gasteiger partial charge in [-0.1, -0.05) is 30.3 Å². The predicted molar refractivity (Wildman–Crippen MR) is 80.8 cm³/mol. The van der Waals surface area contributed by atoms with Crippen LogP contribution in [0.25, 0.3) is 22.0 Å². The monoisotopic (exact) mass is 264 g/mol. The number of nitrogens with zero attached hydrogens (tertiary/aromatic N) is 2. The molecule has 1 N–H and O–H groups in total. The molecule has 0 atom stereocenters. The van der Waals surface area contributed by atoms with E-state index in [9.17, 15) is 5.11 Å². The minimum atomic E-state index is 0.240. The summed E-state index contributed by atoms with van der Waals surface area (Å²) in [6.07, 6.45) is 0. The van der Waals surface area contributed by atoms with Crippen molar-refractivity contribution < 1.29 is 5.11 Å². The zero-order chi connectivity index (χ0) is 14.3. The van der Waals surface area contributed by atoms with Crippen LogP contribution in [0.5, 0.6) is 5.75 Å². The number of phenols is 1. The highest BCUT2D eigenvalue weighted by atomic mass is 16.3. The summed E-state index contributed by atoms with van der Waals surface area (Å²) in [6.45, 7) is 6.00. The van der Waals surface area contributed by atoms with Gasteiger partial charge >= 0.3 is 0 Å². The SMILES string of the molecule is Cc1nnc(-c2c(O)ccc3ccccc23)c(C)c1C. The van der Waals surface area contributed by atoms with Crippen molar-refractivity contribution in [2.24, 2.45) is 0 Å². The second-order valence-electron chi connectivity index (χ2n) is 5.06. The van der Waals surface area contributed by atoms with Crippen molar-refractivity contribution in [1.82, 2.24) is 10.2 Å². The van der Waals surface area contributed by atoms with Crippen LogP contribution in [0.1, 0.15) is 16.8 Å². The molecule has 2 aromatic carbocycles. The molecule has 0 fully saturated rings. The van der Waals surface area contributed by atoms with Gasteiger partial charge in [0.25, 0.3) is 0 Å². The van der Waals surface area contributed by atoms with Crippen LogP contribution in [-0.2, 0) is 0 Å². The van der Waals surface area contributed by atoms with E-state index in [1.165, 1.54) is 0 Å². The first-order chi connectivity index (χ1) is 9.59. The van der Waals surface area contributed by atoms with Gasteiger partial charge in [0.1, 0.15) is 11.4 Å². The van der Waals surface area contributed by atoms with E-state index >= 15 is 0 Å². The minimum absolute atomic E-state index is 0.240. The van der Waals surface area contributed by atoms with Crippen molar-refractivity contribution in [3.63, 3.8) is 0 Å². The van der Waals surface area contributed by atoms with E-state index in [-0.39, 0.29) is 5.75 Å². The summed E-state index contributed by atoms with van der Waals surface area (Å²) in [6, 6.07) is 11.6. The molecule has 0 aliphatic carbocycles. The lowest BCUT2D eigenvalue weighted by atomic mass is 9.96. The number of aromatic hydroxyl groups is 1. The fourth-order valence-electron chi connectivity index (χ4n) is 2.47. The van der Waals surface area contributed by atoms with Gasteiger partial charge in [0.05, 0.1) is 11.3 Å². The van der Waals surface area contributed by atoms with Crippen LogP contribution < -0.4 is 0 Å². The Balaban J connectivity index is 2.41.